The first-order valence-electron chi connectivity index (χ1n) is 5.89. The lowest BCUT2D eigenvalue weighted by Crippen LogP contribution is -2.32. The number of nitrogens with one attached hydrogen (secondary N) is 1. The molecule has 0 fully saturated rings. The predicted molar refractivity (Wildman–Crippen MR) is 70.6 cm³/mol. The van der Waals surface area contributed by atoms with Crippen molar-refractivity contribution in [1.29, 1.82) is 0 Å². The van der Waals surface area contributed by atoms with Gasteiger partial charge in [0.1, 0.15) is 4.88 Å². The molecule has 2 N–H and O–H groups in total. The molecule has 106 valence electrons. The third-order valence-corrected chi connectivity index (χ3v) is 3.72. The number of thiophene rings is 1. The Morgan fingerprint density at radius 2 is 2.05 bits per heavy atom. The zero-order valence-electron chi connectivity index (χ0n) is 10.9. The number of aromatic carboxylic acids is 1. The van der Waals surface area contributed by atoms with Crippen LogP contribution in [0.2, 0.25) is 0 Å². The van der Waals surface area contributed by atoms with Crippen LogP contribution in [0, 0.1) is 5.92 Å². The third-order valence-electron chi connectivity index (χ3n) is 2.65. The van der Waals surface area contributed by atoms with Crippen LogP contribution >= 0.6 is 11.3 Å². The Hall–Kier alpha value is -2.22. The molecule has 2 rings (SSSR count). The van der Waals surface area contributed by atoms with Gasteiger partial charge in [0.15, 0.2) is 5.82 Å². The van der Waals surface area contributed by atoms with E-state index in [4.69, 9.17) is 5.11 Å². The van der Waals surface area contributed by atoms with Crippen molar-refractivity contribution in [2.75, 3.05) is 0 Å². The minimum atomic E-state index is -1.05. The molecule has 2 aromatic rings. The van der Waals surface area contributed by atoms with E-state index in [1.165, 1.54) is 18.5 Å². The number of rotatable bonds is 5. The smallest absolute Gasteiger partial charge is 0.345 e. The molecule has 20 heavy (non-hydrogen) atoms. The lowest BCUT2D eigenvalue weighted by Gasteiger charge is -2.18. The van der Waals surface area contributed by atoms with Gasteiger partial charge in [-0.25, -0.2) is 4.79 Å². The summed E-state index contributed by atoms with van der Waals surface area (Å²) in [5, 5.41) is 15.4. The normalized spacial score (nSPS) is 12.3. The van der Waals surface area contributed by atoms with E-state index in [2.05, 4.69) is 20.0 Å². The Labute approximate surface area is 118 Å². The highest BCUT2D eigenvalue weighted by molar-refractivity contribution is 7.15. The molecule has 0 aliphatic rings. The van der Waals surface area contributed by atoms with Gasteiger partial charge in [-0.3, -0.25) is 4.79 Å². The molecule has 0 bridgehead atoms. The molecule has 8 heteroatoms. The molecule has 0 aliphatic heterocycles. The van der Waals surface area contributed by atoms with Gasteiger partial charge < -0.3 is 14.9 Å². The maximum absolute atomic E-state index is 12.1. The molecule has 7 nitrogen and oxygen atoms in total. The summed E-state index contributed by atoms with van der Waals surface area (Å²) in [6.45, 7) is 3.83. The first-order valence-corrected chi connectivity index (χ1v) is 6.71. The van der Waals surface area contributed by atoms with Gasteiger partial charge >= 0.3 is 5.97 Å². The number of carboxylic acids is 1. The number of carbonyl (C=O) groups is 2. The van der Waals surface area contributed by atoms with E-state index in [0.717, 1.165) is 11.3 Å². The largest absolute Gasteiger partial charge is 0.477 e. The van der Waals surface area contributed by atoms with Crippen LogP contribution in [0.1, 0.15) is 45.1 Å². The zero-order valence-corrected chi connectivity index (χ0v) is 11.7. The van der Waals surface area contributed by atoms with Gasteiger partial charge in [-0.15, -0.1) is 11.3 Å². The Balaban J connectivity index is 2.14. The Morgan fingerprint density at radius 3 is 2.55 bits per heavy atom. The van der Waals surface area contributed by atoms with Gasteiger partial charge in [-0.05, 0) is 18.1 Å². The molecule has 0 spiro atoms. The van der Waals surface area contributed by atoms with E-state index in [1.54, 1.807) is 0 Å². The SMILES string of the molecule is CC(C)C(NC(=O)c1ccc(C(=O)O)s1)c1ncon1. The van der Waals surface area contributed by atoms with Gasteiger partial charge in [0.2, 0.25) is 6.39 Å². The van der Waals surface area contributed by atoms with Crippen molar-refractivity contribution < 1.29 is 19.2 Å². The molecule has 0 aliphatic carbocycles. The highest BCUT2D eigenvalue weighted by atomic mass is 32.1. The Kier molecular flexibility index (Phi) is 4.14. The van der Waals surface area contributed by atoms with Crippen molar-refractivity contribution in [2.24, 2.45) is 5.92 Å². The molecule has 0 saturated carbocycles. The summed E-state index contributed by atoms with van der Waals surface area (Å²) in [5.74, 6) is -0.947. The first kappa shape index (κ1) is 14.2. The first-order chi connectivity index (χ1) is 9.49. The predicted octanol–water partition coefficient (Wildman–Crippen LogP) is 1.96. The molecule has 1 amide bonds. The minimum absolute atomic E-state index is 0.0652. The number of nitrogens with zero attached hydrogens (tertiary/aromatic N) is 2. The van der Waals surface area contributed by atoms with Crippen LogP contribution in [0.3, 0.4) is 0 Å². The van der Waals surface area contributed by atoms with Crippen LogP contribution in [-0.4, -0.2) is 27.1 Å². The second-order valence-corrected chi connectivity index (χ2v) is 5.54. The fourth-order valence-electron chi connectivity index (χ4n) is 1.63. The van der Waals surface area contributed by atoms with Gasteiger partial charge in [0.25, 0.3) is 5.91 Å². The van der Waals surface area contributed by atoms with Crippen LogP contribution in [0.4, 0.5) is 0 Å². The zero-order chi connectivity index (χ0) is 14.7. The maximum Gasteiger partial charge on any atom is 0.345 e. The van der Waals surface area contributed by atoms with E-state index in [9.17, 15) is 9.59 Å². The van der Waals surface area contributed by atoms with Crippen molar-refractivity contribution in [1.82, 2.24) is 15.5 Å². The van der Waals surface area contributed by atoms with Crippen molar-refractivity contribution in [2.45, 2.75) is 19.9 Å². The number of hydrogen-bond acceptors (Lipinski definition) is 6. The van der Waals surface area contributed by atoms with E-state index in [-0.39, 0.29) is 16.7 Å². The summed E-state index contributed by atoms with van der Waals surface area (Å²) >= 11 is 0.924. The number of hydrogen-bond donors (Lipinski definition) is 2. The van der Waals surface area contributed by atoms with Crippen LogP contribution < -0.4 is 5.32 Å². The molecular weight excluding hydrogens is 282 g/mol. The van der Waals surface area contributed by atoms with Gasteiger partial charge in [-0.1, -0.05) is 19.0 Å². The molecule has 0 aromatic carbocycles. The van der Waals surface area contributed by atoms with Crippen LogP contribution in [-0.2, 0) is 0 Å². The third kappa shape index (κ3) is 3.02. The number of amides is 1. The molecule has 2 heterocycles. The lowest BCUT2D eigenvalue weighted by molar-refractivity contribution is 0.0702. The summed E-state index contributed by atoms with van der Waals surface area (Å²) in [4.78, 5) is 27.3. The number of carbonyl (C=O) groups excluding carboxylic acids is 1. The molecule has 1 atom stereocenters. The second kappa shape index (κ2) is 5.83. The minimum Gasteiger partial charge on any atom is -0.477 e. The van der Waals surface area contributed by atoms with Crippen molar-refractivity contribution >= 4 is 23.2 Å². The Morgan fingerprint density at radius 1 is 1.35 bits per heavy atom. The van der Waals surface area contributed by atoms with Gasteiger partial charge in [0, 0.05) is 0 Å². The quantitative estimate of drug-likeness (QED) is 0.873. The average molecular weight is 295 g/mol. The van der Waals surface area contributed by atoms with Gasteiger partial charge in [0.05, 0.1) is 10.9 Å². The fourth-order valence-corrected chi connectivity index (χ4v) is 2.38. The molecule has 0 radical (unpaired) electrons. The Bertz CT molecular complexity index is 606. The molecule has 2 aromatic heterocycles. The molecular formula is C12H13N3O4S. The summed E-state index contributed by atoms with van der Waals surface area (Å²) in [6.07, 6.45) is 1.20. The second-order valence-electron chi connectivity index (χ2n) is 4.45. The summed E-state index contributed by atoms with van der Waals surface area (Å²) in [6, 6.07) is 2.49. The fraction of sp³-hybridized carbons (Fsp3) is 0.333. The van der Waals surface area contributed by atoms with E-state index in [0.29, 0.717) is 10.7 Å². The topological polar surface area (TPSA) is 105 Å². The van der Waals surface area contributed by atoms with E-state index in [1.807, 2.05) is 13.8 Å². The highest BCUT2D eigenvalue weighted by Crippen LogP contribution is 2.21. The van der Waals surface area contributed by atoms with Crippen LogP contribution in [0.5, 0.6) is 0 Å². The van der Waals surface area contributed by atoms with Crippen LogP contribution in [0.25, 0.3) is 0 Å². The van der Waals surface area contributed by atoms with Crippen molar-refractivity contribution in [3.05, 3.63) is 34.1 Å². The van der Waals surface area contributed by atoms with E-state index >= 15 is 0 Å². The average Bonchev–Trinajstić information content (AvgIpc) is 3.05. The summed E-state index contributed by atoms with van der Waals surface area (Å²) in [7, 11) is 0. The van der Waals surface area contributed by atoms with Gasteiger partial charge in [-0.2, -0.15) is 4.98 Å². The summed E-state index contributed by atoms with van der Waals surface area (Å²) in [5.41, 5.74) is 0. The molecule has 0 saturated heterocycles. The highest BCUT2D eigenvalue weighted by Gasteiger charge is 2.24. The number of aromatic nitrogens is 2. The van der Waals surface area contributed by atoms with Crippen molar-refractivity contribution in [3.8, 4) is 0 Å². The summed E-state index contributed by atoms with van der Waals surface area (Å²) < 4.78 is 4.68. The maximum atomic E-state index is 12.1. The standard InChI is InChI=1S/C12H13N3O4S/c1-6(2)9(10-13-5-19-15-10)14-11(16)7-3-4-8(20-7)12(17)18/h3-6,9H,1-2H3,(H,14,16)(H,17,18). The lowest BCUT2D eigenvalue weighted by atomic mass is 10.0. The van der Waals surface area contributed by atoms with E-state index < -0.39 is 12.0 Å². The van der Waals surface area contributed by atoms with Crippen molar-refractivity contribution in [3.63, 3.8) is 0 Å². The monoisotopic (exact) mass is 295 g/mol. The van der Waals surface area contributed by atoms with Crippen LogP contribution in [0.15, 0.2) is 23.0 Å². The molecule has 1 unspecified atom stereocenters. The number of carboxylic acid groups (broad SMARTS) is 1.